The maximum absolute atomic E-state index is 13.3. The van der Waals surface area contributed by atoms with Crippen LogP contribution in [0.4, 0.5) is 0 Å². The second kappa shape index (κ2) is 7.19. The van der Waals surface area contributed by atoms with Gasteiger partial charge in [-0.05, 0) is 68.7 Å². The summed E-state index contributed by atoms with van der Waals surface area (Å²) in [5, 5.41) is 5.79. The number of fused-ring (bicyclic) bond motifs is 4. The van der Waals surface area contributed by atoms with Crippen LogP contribution in [0.1, 0.15) is 15.9 Å². The van der Waals surface area contributed by atoms with Crippen LogP contribution < -0.4 is 9.48 Å². The standard InChI is InChI=1S/C27H14O3S2/c28-25(21-11-19-9-15-5-1-3-7-17(15)13-23(19)31-26(21)29)22-12-20-10-16-6-2-4-8-18(16)14-24(20)32-27(22)30/h1-14H. The fourth-order valence-corrected chi connectivity index (χ4v) is 5.84. The van der Waals surface area contributed by atoms with E-state index in [0.717, 1.165) is 64.4 Å². The van der Waals surface area contributed by atoms with Gasteiger partial charge in [0, 0.05) is 9.40 Å². The Balaban J connectivity index is 1.54. The van der Waals surface area contributed by atoms with E-state index in [0.29, 0.717) is 0 Å². The Labute approximate surface area is 189 Å². The molecule has 0 fully saturated rings. The van der Waals surface area contributed by atoms with Gasteiger partial charge in [-0.3, -0.25) is 14.4 Å². The highest BCUT2D eigenvalue weighted by Crippen LogP contribution is 2.27. The van der Waals surface area contributed by atoms with Gasteiger partial charge in [-0.15, -0.1) is 0 Å². The number of hydrogen-bond donors (Lipinski definition) is 0. The first-order valence-corrected chi connectivity index (χ1v) is 11.7. The Kier molecular flexibility index (Phi) is 4.28. The molecule has 0 aliphatic carbocycles. The van der Waals surface area contributed by atoms with E-state index in [-0.39, 0.29) is 20.6 Å². The van der Waals surface area contributed by atoms with Crippen molar-refractivity contribution in [1.82, 2.24) is 0 Å². The fourth-order valence-electron chi connectivity index (χ4n) is 4.08. The minimum Gasteiger partial charge on any atom is -0.288 e. The summed E-state index contributed by atoms with van der Waals surface area (Å²) in [7, 11) is 0. The molecule has 0 radical (unpaired) electrons. The van der Waals surface area contributed by atoms with Crippen molar-refractivity contribution in [2.24, 2.45) is 0 Å². The minimum absolute atomic E-state index is 0.0437. The Hall–Kier alpha value is -3.67. The van der Waals surface area contributed by atoms with Crippen molar-refractivity contribution >= 4 is 70.2 Å². The maximum Gasteiger partial charge on any atom is 0.244 e. The molecule has 0 saturated carbocycles. The zero-order valence-corrected chi connectivity index (χ0v) is 18.3. The van der Waals surface area contributed by atoms with E-state index in [1.807, 2.05) is 72.8 Å². The Morgan fingerprint density at radius 2 is 0.875 bits per heavy atom. The summed E-state index contributed by atoms with van der Waals surface area (Å²) in [6.45, 7) is 0. The number of benzene rings is 4. The first-order valence-electron chi connectivity index (χ1n) is 10.0. The second-order valence-electron chi connectivity index (χ2n) is 7.70. The van der Waals surface area contributed by atoms with Crippen molar-refractivity contribution in [2.45, 2.75) is 0 Å². The molecule has 2 heterocycles. The van der Waals surface area contributed by atoms with Gasteiger partial charge < -0.3 is 0 Å². The summed E-state index contributed by atoms with van der Waals surface area (Å²) < 4.78 is 0.974. The highest BCUT2D eigenvalue weighted by atomic mass is 32.1. The zero-order chi connectivity index (χ0) is 21.8. The largest absolute Gasteiger partial charge is 0.288 e. The number of ketones is 1. The van der Waals surface area contributed by atoms with Crippen molar-refractivity contribution < 1.29 is 4.79 Å². The number of rotatable bonds is 2. The normalized spacial score (nSPS) is 11.5. The molecule has 0 aliphatic heterocycles. The number of hydrogen-bond acceptors (Lipinski definition) is 5. The lowest BCUT2D eigenvalue weighted by Gasteiger charge is -2.06. The monoisotopic (exact) mass is 450 g/mol. The minimum atomic E-state index is -0.516. The van der Waals surface area contributed by atoms with E-state index in [9.17, 15) is 14.4 Å². The van der Waals surface area contributed by atoms with Crippen LogP contribution in [0.3, 0.4) is 0 Å². The van der Waals surface area contributed by atoms with Crippen LogP contribution in [-0.4, -0.2) is 5.78 Å². The molecule has 32 heavy (non-hydrogen) atoms. The average Bonchev–Trinajstić information content (AvgIpc) is 2.80. The number of carbonyl (C=O) groups excluding carboxylic acids is 1. The van der Waals surface area contributed by atoms with Crippen LogP contribution in [0.2, 0.25) is 0 Å². The molecule has 2 aromatic heterocycles. The molecule has 152 valence electrons. The van der Waals surface area contributed by atoms with Crippen LogP contribution in [0.5, 0.6) is 0 Å². The van der Waals surface area contributed by atoms with E-state index in [2.05, 4.69) is 0 Å². The van der Waals surface area contributed by atoms with Gasteiger partial charge in [0.1, 0.15) is 0 Å². The van der Waals surface area contributed by atoms with Crippen molar-refractivity contribution in [3.8, 4) is 0 Å². The molecule has 0 bridgehead atoms. The molecule has 0 atom stereocenters. The maximum atomic E-state index is 13.3. The summed E-state index contributed by atoms with van der Waals surface area (Å²) in [4.78, 5) is 39.0. The lowest BCUT2D eigenvalue weighted by molar-refractivity contribution is 0.103. The van der Waals surface area contributed by atoms with Crippen LogP contribution in [0.25, 0.3) is 41.7 Å². The topological polar surface area (TPSA) is 51.2 Å². The molecule has 3 nitrogen and oxygen atoms in total. The molecule has 0 amide bonds. The Morgan fingerprint density at radius 3 is 1.28 bits per heavy atom. The van der Waals surface area contributed by atoms with Gasteiger partial charge in [0.15, 0.2) is 0 Å². The fraction of sp³-hybridized carbons (Fsp3) is 0. The molecule has 0 spiro atoms. The van der Waals surface area contributed by atoms with Gasteiger partial charge in [-0.1, -0.05) is 71.2 Å². The second-order valence-corrected chi connectivity index (χ2v) is 9.73. The Bertz CT molecular complexity index is 1710. The molecule has 0 aliphatic rings. The predicted molar refractivity (Wildman–Crippen MR) is 135 cm³/mol. The molecule has 6 rings (SSSR count). The molecule has 0 N–H and O–H groups in total. The van der Waals surface area contributed by atoms with Crippen molar-refractivity contribution in [2.75, 3.05) is 0 Å². The SMILES string of the molecule is O=C(c1cc2cc3ccccc3cc2sc1=O)c1cc2cc3ccccc3cc2sc1=O. The van der Waals surface area contributed by atoms with Crippen LogP contribution in [0, 0.1) is 0 Å². The van der Waals surface area contributed by atoms with Gasteiger partial charge in [0.05, 0.1) is 11.1 Å². The lowest BCUT2D eigenvalue weighted by atomic mass is 10.0. The van der Waals surface area contributed by atoms with Crippen molar-refractivity contribution in [1.29, 1.82) is 0 Å². The third-order valence-electron chi connectivity index (χ3n) is 5.69. The molecular weight excluding hydrogens is 436 g/mol. The highest BCUT2D eigenvalue weighted by molar-refractivity contribution is 7.17. The van der Waals surface area contributed by atoms with E-state index in [1.54, 1.807) is 12.1 Å². The molecule has 4 aromatic carbocycles. The third kappa shape index (κ3) is 3.06. The highest BCUT2D eigenvalue weighted by Gasteiger charge is 2.19. The van der Waals surface area contributed by atoms with Gasteiger partial charge in [-0.25, -0.2) is 0 Å². The van der Waals surface area contributed by atoms with Crippen LogP contribution in [-0.2, 0) is 0 Å². The van der Waals surface area contributed by atoms with Crippen LogP contribution >= 0.6 is 22.7 Å². The summed E-state index contributed by atoms with van der Waals surface area (Å²) >= 11 is 2.08. The Morgan fingerprint density at radius 1 is 0.500 bits per heavy atom. The first kappa shape index (κ1) is 19.0. The van der Waals surface area contributed by atoms with E-state index in [4.69, 9.17) is 0 Å². The third-order valence-corrected chi connectivity index (χ3v) is 7.65. The molecule has 6 aromatic rings. The number of carbonyl (C=O) groups is 1. The van der Waals surface area contributed by atoms with E-state index < -0.39 is 5.78 Å². The zero-order valence-electron chi connectivity index (χ0n) is 16.6. The van der Waals surface area contributed by atoms with Gasteiger partial charge in [-0.2, -0.15) is 0 Å². The molecule has 0 unspecified atom stereocenters. The van der Waals surface area contributed by atoms with E-state index in [1.165, 1.54) is 0 Å². The average molecular weight is 451 g/mol. The van der Waals surface area contributed by atoms with E-state index >= 15 is 0 Å². The first-order chi connectivity index (χ1) is 15.6. The van der Waals surface area contributed by atoms with Crippen molar-refractivity contribution in [3.05, 3.63) is 115 Å². The molecule has 0 saturated heterocycles. The van der Waals surface area contributed by atoms with Gasteiger partial charge in [0.25, 0.3) is 0 Å². The molecule has 5 heteroatoms. The van der Waals surface area contributed by atoms with Gasteiger partial charge in [0.2, 0.25) is 15.3 Å². The summed E-state index contributed by atoms with van der Waals surface area (Å²) in [6.07, 6.45) is 0. The predicted octanol–water partition coefficient (Wildman–Crippen LogP) is 6.37. The van der Waals surface area contributed by atoms with Crippen LogP contribution in [0.15, 0.2) is 94.5 Å². The van der Waals surface area contributed by atoms with Gasteiger partial charge >= 0.3 is 0 Å². The lowest BCUT2D eigenvalue weighted by Crippen LogP contribution is -2.18. The quantitative estimate of drug-likeness (QED) is 0.227. The molecular formula is C27H14O3S2. The summed E-state index contributed by atoms with van der Waals surface area (Å²) in [5.74, 6) is -0.516. The smallest absolute Gasteiger partial charge is 0.244 e. The summed E-state index contributed by atoms with van der Waals surface area (Å²) in [5.41, 5.74) is 0.0874. The van der Waals surface area contributed by atoms with Crippen molar-refractivity contribution in [3.63, 3.8) is 0 Å². The summed E-state index contributed by atoms with van der Waals surface area (Å²) in [6, 6.07) is 26.9.